The molecule has 1 aromatic carbocycles. The summed E-state index contributed by atoms with van der Waals surface area (Å²) >= 11 is 0. The average Bonchev–Trinajstić information content (AvgIpc) is 3.19. The van der Waals surface area contributed by atoms with Crippen molar-refractivity contribution >= 4 is 0 Å². The summed E-state index contributed by atoms with van der Waals surface area (Å²) in [6.07, 6.45) is 4.40. The van der Waals surface area contributed by atoms with Crippen LogP contribution >= 0.6 is 0 Å². The van der Waals surface area contributed by atoms with E-state index in [1.165, 1.54) is 12.8 Å². The summed E-state index contributed by atoms with van der Waals surface area (Å²) in [7, 11) is 0. The SMILES string of the molecule is OC1(C2CC2)CN(Cc2ccn(-c3ccccc3)n2)C1. The Bertz CT molecular complexity index is 597. The van der Waals surface area contributed by atoms with Gasteiger partial charge in [-0.15, -0.1) is 0 Å². The van der Waals surface area contributed by atoms with Gasteiger partial charge < -0.3 is 5.11 Å². The van der Waals surface area contributed by atoms with Crippen LogP contribution in [-0.4, -0.2) is 38.5 Å². The van der Waals surface area contributed by atoms with Crippen molar-refractivity contribution in [1.82, 2.24) is 14.7 Å². The van der Waals surface area contributed by atoms with E-state index in [0.717, 1.165) is 31.0 Å². The molecule has 4 heteroatoms. The summed E-state index contributed by atoms with van der Waals surface area (Å²) in [5.41, 5.74) is 1.74. The molecule has 0 bridgehead atoms. The molecule has 0 radical (unpaired) electrons. The van der Waals surface area contributed by atoms with Gasteiger partial charge in [-0.25, -0.2) is 4.68 Å². The van der Waals surface area contributed by atoms with Crippen molar-refractivity contribution in [3.05, 3.63) is 48.3 Å². The van der Waals surface area contributed by atoms with Crippen LogP contribution in [0.15, 0.2) is 42.6 Å². The molecule has 0 amide bonds. The summed E-state index contributed by atoms with van der Waals surface area (Å²) in [6, 6.07) is 12.2. The molecule has 1 aliphatic heterocycles. The van der Waals surface area contributed by atoms with Gasteiger partial charge in [-0.2, -0.15) is 5.10 Å². The number of aliphatic hydroxyl groups is 1. The number of aromatic nitrogens is 2. The van der Waals surface area contributed by atoms with Crippen LogP contribution in [-0.2, 0) is 6.54 Å². The van der Waals surface area contributed by atoms with Gasteiger partial charge in [0.1, 0.15) is 0 Å². The standard InChI is InChI=1S/C16H19N3O/c20-16(13-6-7-13)11-18(12-16)10-14-8-9-19(17-14)15-4-2-1-3-5-15/h1-5,8-9,13,20H,6-7,10-12H2. The second kappa shape index (κ2) is 4.43. The first kappa shape index (κ1) is 12.1. The van der Waals surface area contributed by atoms with Crippen LogP contribution in [0.1, 0.15) is 18.5 Å². The molecule has 2 fully saturated rings. The fourth-order valence-electron chi connectivity index (χ4n) is 3.12. The quantitative estimate of drug-likeness (QED) is 0.920. The lowest BCUT2D eigenvalue weighted by atomic mass is 9.89. The molecule has 4 rings (SSSR count). The van der Waals surface area contributed by atoms with E-state index in [4.69, 9.17) is 0 Å². The predicted octanol–water partition coefficient (Wildman–Crippen LogP) is 1.83. The molecule has 2 heterocycles. The molecule has 1 aliphatic carbocycles. The molecule has 2 aromatic rings. The lowest BCUT2D eigenvalue weighted by molar-refractivity contribution is -0.117. The van der Waals surface area contributed by atoms with E-state index in [2.05, 4.69) is 16.1 Å². The molecule has 1 saturated carbocycles. The van der Waals surface area contributed by atoms with Crippen LogP contribution in [0.4, 0.5) is 0 Å². The molecule has 2 aliphatic rings. The number of hydrogen-bond donors (Lipinski definition) is 1. The highest BCUT2D eigenvalue weighted by atomic mass is 16.3. The van der Waals surface area contributed by atoms with E-state index in [1.807, 2.05) is 41.2 Å². The lowest BCUT2D eigenvalue weighted by Gasteiger charge is -2.46. The smallest absolute Gasteiger partial charge is 0.0928 e. The Morgan fingerprint density at radius 2 is 1.90 bits per heavy atom. The zero-order valence-electron chi connectivity index (χ0n) is 11.4. The van der Waals surface area contributed by atoms with Crippen LogP contribution < -0.4 is 0 Å². The molecule has 0 atom stereocenters. The zero-order chi connectivity index (χ0) is 13.6. The highest BCUT2D eigenvalue weighted by molar-refractivity contribution is 5.30. The number of likely N-dealkylation sites (tertiary alicyclic amines) is 1. The van der Waals surface area contributed by atoms with Gasteiger partial charge in [0.25, 0.3) is 0 Å². The van der Waals surface area contributed by atoms with E-state index in [0.29, 0.717) is 5.92 Å². The molecular formula is C16H19N3O. The van der Waals surface area contributed by atoms with Gasteiger partial charge in [-0.05, 0) is 37.0 Å². The maximum absolute atomic E-state index is 10.3. The lowest BCUT2D eigenvalue weighted by Crippen LogP contribution is -2.62. The topological polar surface area (TPSA) is 41.3 Å². The molecule has 20 heavy (non-hydrogen) atoms. The van der Waals surface area contributed by atoms with E-state index in [9.17, 15) is 5.11 Å². The first-order valence-corrected chi connectivity index (χ1v) is 7.28. The zero-order valence-corrected chi connectivity index (χ0v) is 11.4. The van der Waals surface area contributed by atoms with E-state index < -0.39 is 5.60 Å². The number of nitrogens with zero attached hydrogens (tertiary/aromatic N) is 3. The van der Waals surface area contributed by atoms with Crippen LogP contribution in [0.25, 0.3) is 5.69 Å². The second-order valence-corrected chi connectivity index (χ2v) is 6.11. The van der Waals surface area contributed by atoms with Crippen molar-refractivity contribution in [2.45, 2.75) is 25.0 Å². The normalized spacial score (nSPS) is 21.6. The Hall–Kier alpha value is -1.65. The Kier molecular flexibility index (Phi) is 2.69. The molecule has 104 valence electrons. The third kappa shape index (κ3) is 2.15. The minimum atomic E-state index is -0.401. The average molecular weight is 269 g/mol. The molecule has 4 nitrogen and oxygen atoms in total. The summed E-state index contributed by atoms with van der Waals surface area (Å²) in [5.74, 6) is 0.556. The maximum atomic E-state index is 10.3. The number of para-hydroxylation sites is 1. The van der Waals surface area contributed by atoms with Crippen molar-refractivity contribution < 1.29 is 5.11 Å². The van der Waals surface area contributed by atoms with Crippen LogP contribution in [0.5, 0.6) is 0 Å². The second-order valence-electron chi connectivity index (χ2n) is 6.11. The maximum Gasteiger partial charge on any atom is 0.0928 e. The fraction of sp³-hybridized carbons (Fsp3) is 0.438. The highest BCUT2D eigenvalue weighted by Crippen LogP contribution is 2.44. The fourth-order valence-corrected chi connectivity index (χ4v) is 3.12. The van der Waals surface area contributed by atoms with Gasteiger partial charge in [0, 0.05) is 25.8 Å². The minimum absolute atomic E-state index is 0.401. The van der Waals surface area contributed by atoms with Gasteiger partial charge in [0.15, 0.2) is 0 Å². The van der Waals surface area contributed by atoms with Gasteiger partial charge in [-0.3, -0.25) is 4.90 Å². The van der Waals surface area contributed by atoms with Crippen LogP contribution in [0.3, 0.4) is 0 Å². The minimum Gasteiger partial charge on any atom is -0.387 e. The first-order valence-electron chi connectivity index (χ1n) is 7.28. The number of benzene rings is 1. The summed E-state index contributed by atoms with van der Waals surface area (Å²) in [6.45, 7) is 2.43. The Morgan fingerprint density at radius 3 is 2.60 bits per heavy atom. The van der Waals surface area contributed by atoms with Crippen molar-refractivity contribution in [1.29, 1.82) is 0 Å². The molecule has 1 N–H and O–H groups in total. The predicted molar refractivity (Wildman–Crippen MR) is 76.5 cm³/mol. The number of rotatable bonds is 4. The summed E-state index contributed by atoms with van der Waals surface area (Å²) in [5, 5.41) is 14.9. The molecule has 0 spiro atoms. The first-order chi connectivity index (χ1) is 9.73. The number of hydrogen-bond acceptors (Lipinski definition) is 3. The third-order valence-electron chi connectivity index (χ3n) is 4.38. The molecule has 1 saturated heterocycles. The monoisotopic (exact) mass is 269 g/mol. The van der Waals surface area contributed by atoms with Gasteiger partial charge in [0.05, 0.1) is 17.0 Å². The van der Waals surface area contributed by atoms with Gasteiger partial charge >= 0.3 is 0 Å². The van der Waals surface area contributed by atoms with E-state index in [-0.39, 0.29) is 0 Å². The van der Waals surface area contributed by atoms with Crippen LogP contribution in [0, 0.1) is 5.92 Å². The van der Waals surface area contributed by atoms with Gasteiger partial charge in [0.2, 0.25) is 0 Å². The third-order valence-corrected chi connectivity index (χ3v) is 4.38. The highest BCUT2D eigenvalue weighted by Gasteiger charge is 2.51. The molecule has 1 aromatic heterocycles. The Labute approximate surface area is 118 Å². The van der Waals surface area contributed by atoms with E-state index in [1.54, 1.807) is 0 Å². The molecule has 0 unspecified atom stereocenters. The van der Waals surface area contributed by atoms with Crippen molar-refractivity contribution in [2.75, 3.05) is 13.1 Å². The Morgan fingerprint density at radius 1 is 1.15 bits per heavy atom. The van der Waals surface area contributed by atoms with Crippen molar-refractivity contribution in [2.24, 2.45) is 5.92 Å². The number of β-amino-alcohol motifs (C(OH)–C–C–N with tert-alkyl or cyclic N) is 1. The van der Waals surface area contributed by atoms with Crippen molar-refractivity contribution in [3.8, 4) is 5.69 Å². The molecular weight excluding hydrogens is 250 g/mol. The van der Waals surface area contributed by atoms with Crippen LogP contribution in [0.2, 0.25) is 0 Å². The summed E-state index contributed by atoms with van der Waals surface area (Å²) < 4.78 is 1.90. The van der Waals surface area contributed by atoms with Gasteiger partial charge in [-0.1, -0.05) is 18.2 Å². The van der Waals surface area contributed by atoms with Crippen molar-refractivity contribution in [3.63, 3.8) is 0 Å². The summed E-state index contributed by atoms with van der Waals surface area (Å²) in [4.78, 5) is 2.27. The van der Waals surface area contributed by atoms with E-state index >= 15 is 0 Å². The Balaban J connectivity index is 1.40. The largest absolute Gasteiger partial charge is 0.387 e.